The van der Waals surface area contributed by atoms with Crippen molar-refractivity contribution >= 4 is 5.95 Å². The predicted molar refractivity (Wildman–Crippen MR) is 51.9 cm³/mol. The van der Waals surface area contributed by atoms with Gasteiger partial charge in [0.15, 0.2) is 0 Å². The first-order valence-electron chi connectivity index (χ1n) is 4.69. The van der Waals surface area contributed by atoms with Gasteiger partial charge in [0, 0.05) is 12.2 Å². The Morgan fingerprint density at radius 2 is 2.43 bits per heavy atom. The van der Waals surface area contributed by atoms with E-state index in [-0.39, 0.29) is 24.0 Å². The molecule has 1 aliphatic rings. The Morgan fingerprint density at radius 3 is 3.14 bits per heavy atom. The zero-order chi connectivity index (χ0) is 10.1. The fourth-order valence-electron chi connectivity index (χ4n) is 1.87. The fraction of sp³-hybridized carbons (Fsp3) is 0.556. The molecule has 5 nitrogen and oxygen atoms in total. The predicted octanol–water partition coefficient (Wildman–Crippen LogP) is -0.551. The van der Waals surface area contributed by atoms with E-state index >= 15 is 0 Å². The van der Waals surface area contributed by atoms with Gasteiger partial charge in [-0.2, -0.15) is 0 Å². The highest BCUT2D eigenvalue weighted by molar-refractivity contribution is 5.27. The number of aliphatic hydroxyl groups excluding tert-OH is 1. The van der Waals surface area contributed by atoms with E-state index < -0.39 is 0 Å². The number of aromatic amines is 1. The number of fused-ring (bicyclic) bond motifs is 1. The van der Waals surface area contributed by atoms with E-state index in [2.05, 4.69) is 9.97 Å². The minimum atomic E-state index is -0.161. The third-order valence-electron chi connectivity index (χ3n) is 2.66. The highest BCUT2D eigenvalue weighted by Gasteiger charge is 2.21. The van der Waals surface area contributed by atoms with Crippen LogP contribution in [0.15, 0.2) is 4.79 Å². The van der Waals surface area contributed by atoms with E-state index in [0.717, 1.165) is 18.5 Å². The van der Waals surface area contributed by atoms with Crippen LogP contribution in [0.5, 0.6) is 0 Å². The van der Waals surface area contributed by atoms with Crippen molar-refractivity contribution in [1.29, 1.82) is 0 Å². The maximum Gasteiger partial charge on any atom is 0.255 e. The highest BCUT2D eigenvalue weighted by Crippen LogP contribution is 2.21. The number of H-pyrrole nitrogens is 1. The van der Waals surface area contributed by atoms with E-state index in [4.69, 9.17) is 10.8 Å². The second kappa shape index (κ2) is 3.42. The van der Waals surface area contributed by atoms with Crippen LogP contribution in [-0.2, 0) is 12.8 Å². The van der Waals surface area contributed by atoms with E-state index in [1.54, 1.807) is 0 Å². The third-order valence-corrected chi connectivity index (χ3v) is 2.66. The molecular formula is C9H13N3O2. The van der Waals surface area contributed by atoms with Crippen LogP contribution in [0.25, 0.3) is 0 Å². The lowest BCUT2D eigenvalue weighted by Crippen LogP contribution is -2.27. The van der Waals surface area contributed by atoms with E-state index in [1.165, 1.54) is 0 Å². The summed E-state index contributed by atoms with van der Waals surface area (Å²) in [4.78, 5) is 18.0. The van der Waals surface area contributed by atoms with Crippen molar-refractivity contribution in [2.45, 2.75) is 19.3 Å². The average molecular weight is 195 g/mol. The Bertz CT molecular complexity index is 400. The summed E-state index contributed by atoms with van der Waals surface area (Å²) in [5.41, 5.74) is 6.74. The van der Waals surface area contributed by atoms with Crippen molar-refractivity contribution in [2.75, 3.05) is 12.3 Å². The van der Waals surface area contributed by atoms with E-state index in [0.29, 0.717) is 12.0 Å². The van der Waals surface area contributed by atoms with Crippen LogP contribution < -0.4 is 11.3 Å². The largest absolute Gasteiger partial charge is 0.396 e. The summed E-state index contributed by atoms with van der Waals surface area (Å²) in [6.07, 6.45) is 2.21. The highest BCUT2D eigenvalue weighted by atomic mass is 16.3. The Morgan fingerprint density at radius 1 is 1.64 bits per heavy atom. The van der Waals surface area contributed by atoms with Gasteiger partial charge in [-0.3, -0.25) is 9.78 Å². The van der Waals surface area contributed by atoms with Gasteiger partial charge in [-0.25, -0.2) is 4.98 Å². The van der Waals surface area contributed by atoms with Crippen LogP contribution in [0.2, 0.25) is 0 Å². The lowest BCUT2D eigenvalue weighted by molar-refractivity contribution is 0.212. The second-order valence-electron chi connectivity index (χ2n) is 3.67. The van der Waals surface area contributed by atoms with Crippen molar-refractivity contribution in [3.05, 3.63) is 21.6 Å². The Labute approximate surface area is 81.0 Å². The maximum absolute atomic E-state index is 11.5. The molecule has 76 valence electrons. The lowest BCUT2D eigenvalue weighted by Gasteiger charge is -2.21. The first-order valence-corrected chi connectivity index (χ1v) is 4.69. The SMILES string of the molecule is Nc1nc2c(c(=O)[nH]1)C[C@H](CO)CC2. The van der Waals surface area contributed by atoms with Crippen molar-refractivity contribution in [3.8, 4) is 0 Å². The van der Waals surface area contributed by atoms with Gasteiger partial charge in [0.05, 0.1) is 5.69 Å². The number of aliphatic hydroxyl groups is 1. The molecule has 2 rings (SSSR count). The molecule has 5 heteroatoms. The molecule has 0 amide bonds. The lowest BCUT2D eigenvalue weighted by atomic mass is 9.88. The molecule has 0 saturated heterocycles. The summed E-state index contributed by atoms with van der Waals surface area (Å²) >= 11 is 0. The molecule has 14 heavy (non-hydrogen) atoms. The molecule has 0 fully saturated rings. The molecule has 1 aromatic rings. The molecule has 0 unspecified atom stereocenters. The number of nitrogens with two attached hydrogens (primary N) is 1. The van der Waals surface area contributed by atoms with Crippen molar-refractivity contribution < 1.29 is 5.11 Å². The molecule has 0 spiro atoms. The maximum atomic E-state index is 11.5. The summed E-state index contributed by atoms with van der Waals surface area (Å²) in [6, 6.07) is 0. The number of aryl methyl sites for hydroxylation is 1. The average Bonchev–Trinajstić information content (AvgIpc) is 2.17. The number of anilines is 1. The van der Waals surface area contributed by atoms with E-state index in [1.807, 2.05) is 0 Å². The second-order valence-corrected chi connectivity index (χ2v) is 3.67. The summed E-state index contributed by atoms with van der Waals surface area (Å²) < 4.78 is 0. The van der Waals surface area contributed by atoms with Crippen LogP contribution in [0.1, 0.15) is 17.7 Å². The van der Waals surface area contributed by atoms with Gasteiger partial charge in [-0.15, -0.1) is 0 Å². The zero-order valence-electron chi connectivity index (χ0n) is 7.79. The van der Waals surface area contributed by atoms with E-state index in [9.17, 15) is 4.79 Å². The van der Waals surface area contributed by atoms with Gasteiger partial charge < -0.3 is 10.8 Å². The van der Waals surface area contributed by atoms with Gasteiger partial charge in [-0.05, 0) is 25.2 Å². The molecule has 1 aromatic heterocycles. The number of rotatable bonds is 1. The molecule has 4 N–H and O–H groups in total. The summed E-state index contributed by atoms with van der Waals surface area (Å²) in [5.74, 6) is 0.366. The van der Waals surface area contributed by atoms with Crippen LogP contribution >= 0.6 is 0 Å². The van der Waals surface area contributed by atoms with Crippen molar-refractivity contribution in [2.24, 2.45) is 5.92 Å². The van der Waals surface area contributed by atoms with Gasteiger partial charge in [0.25, 0.3) is 5.56 Å². The fourth-order valence-corrected chi connectivity index (χ4v) is 1.87. The number of nitrogen functional groups attached to an aromatic ring is 1. The summed E-state index contributed by atoms with van der Waals surface area (Å²) in [5, 5.41) is 9.00. The van der Waals surface area contributed by atoms with Gasteiger partial charge in [0.1, 0.15) is 0 Å². The van der Waals surface area contributed by atoms with Crippen LogP contribution in [0, 0.1) is 5.92 Å². The molecule has 1 heterocycles. The summed E-state index contributed by atoms with van der Waals surface area (Å²) in [6.45, 7) is 0.128. The van der Waals surface area contributed by atoms with Crippen molar-refractivity contribution in [3.63, 3.8) is 0 Å². The first kappa shape index (κ1) is 9.21. The third kappa shape index (κ3) is 1.50. The Balaban J connectivity index is 2.42. The first-order chi connectivity index (χ1) is 6.70. The standard InChI is InChI=1S/C9H13N3O2/c10-9-11-7-2-1-5(4-13)3-6(7)8(14)12-9/h5,13H,1-4H2,(H3,10,11,12,14)/t5-/m1/s1. The molecule has 1 atom stereocenters. The van der Waals surface area contributed by atoms with Crippen LogP contribution in [0.3, 0.4) is 0 Å². The number of hydrogen-bond donors (Lipinski definition) is 3. The van der Waals surface area contributed by atoms with Crippen LogP contribution in [-0.4, -0.2) is 21.7 Å². The molecule has 0 saturated carbocycles. The molecular weight excluding hydrogens is 182 g/mol. The number of hydrogen-bond acceptors (Lipinski definition) is 4. The van der Waals surface area contributed by atoms with Gasteiger partial charge >= 0.3 is 0 Å². The zero-order valence-corrected chi connectivity index (χ0v) is 7.79. The molecule has 0 aliphatic heterocycles. The Hall–Kier alpha value is -1.36. The minimum Gasteiger partial charge on any atom is -0.396 e. The molecule has 0 aromatic carbocycles. The van der Waals surface area contributed by atoms with Gasteiger partial charge in [-0.1, -0.05) is 0 Å². The van der Waals surface area contributed by atoms with Crippen LogP contribution in [0.4, 0.5) is 5.95 Å². The van der Waals surface area contributed by atoms with Gasteiger partial charge in [0.2, 0.25) is 5.95 Å². The molecule has 1 aliphatic carbocycles. The Kier molecular flexibility index (Phi) is 2.25. The normalized spacial score (nSPS) is 20.5. The number of nitrogens with zero attached hydrogens (tertiary/aromatic N) is 1. The monoisotopic (exact) mass is 195 g/mol. The molecule has 0 radical (unpaired) electrons. The topological polar surface area (TPSA) is 92.0 Å². The number of nitrogens with one attached hydrogen (secondary N) is 1. The van der Waals surface area contributed by atoms with Crippen molar-refractivity contribution in [1.82, 2.24) is 9.97 Å². The summed E-state index contributed by atoms with van der Waals surface area (Å²) in [7, 11) is 0. The smallest absolute Gasteiger partial charge is 0.255 e. The minimum absolute atomic E-state index is 0.128. The molecule has 0 bridgehead atoms. The number of aromatic nitrogens is 2. The quantitative estimate of drug-likeness (QED) is 0.560.